The van der Waals surface area contributed by atoms with Crippen molar-refractivity contribution in [1.82, 2.24) is 0 Å². The van der Waals surface area contributed by atoms with Crippen LogP contribution in [0.5, 0.6) is 0 Å². The molecule has 0 radical (unpaired) electrons. The Labute approximate surface area is 158 Å². The first-order chi connectivity index (χ1) is 13.1. The van der Waals surface area contributed by atoms with Gasteiger partial charge in [-0.1, -0.05) is 11.8 Å². The van der Waals surface area contributed by atoms with E-state index in [9.17, 15) is 52.7 Å². The van der Waals surface area contributed by atoms with E-state index in [1.165, 1.54) is 0 Å². The van der Waals surface area contributed by atoms with Gasteiger partial charge < -0.3 is 0 Å². The molecule has 0 aliphatic carbocycles. The molecule has 0 spiro atoms. The van der Waals surface area contributed by atoms with Crippen molar-refractivity contribution in [2.24, 2.45) is 0 Å². The van der Waals surface area contributed by atoms with Crippen molar-refractivity contribution in [2.45, 2.75) is 35.0 Å². The summed E-state index contributed by atoms with van der Waals surface area (Å²) in [5.74, 6) is -11.9. The largest absolute Gasteiger partial charge is 0.393 e. The molecule has 0 N–H and O–H groups in total. The molecule has 0 aromatic heterocycles. The van der Waals surface area contributed by atoms with Gasteiger partial charge >= 0.3 is 12.4 Å². The monoisotopic (exact) mass is 458 g/mol. The number of halogens is 12. The van der Waals surface area contributed by atoms with Crippen LogP contribution in [0.4, 0.5) is 52.7 Å². The minimum Gasteiger partial charge on any atom is -0.206 e. The zero-order valence-corrected chi connectivity index (χ0v) is 14.3. The van der Waals surface area contributed by atoms with Crippen molar-refractivity contribution >= 4 is 11.8 Å². The Bertz CT molecular complexity index is 854. The molecule has 0 saturated heterocycles. The highest BCUT2D eigenvalue weighted by Crippen LogP contribution is 2.40. The molecule has 0 bridgehead atoms. The molecule has 0 atom stereocenters. The predicted octanol–water partition coefficient (Wildman–Crippen LogP) is 6.88. The summed E-state index contributed by atoms with van der Waals surface area (Å²) in [6.07, 6.45) is -14.6. The fourth-order valence-corrected chi connectivity index (χ4v) is 3.18. The van der Waals surface area contributed by atoms with Crippen LogP contribution in [0.25, 0.3) is 0 Å². The summed E-state index contributed by atoms with van der Waals surface area (Å²) >= 11 is -0.576. The second-order valence-electron chi connectivity index (χ2n) is 5.61. The zero-order chi connectivity index (χ0) is 22.3. The van der Waals surface area contributed by atoms with Crippen molar-refractivity contribution < 1.29 is 52.7 Å². The average Bonchev–Trinajstić information content (AvgIpc) is 2.53. The molecule has 0 heterocycles. The number of benzene rings is 2. The molecular weight excluding hydrogens is 452 g/mol. The van der Waals surface area contributed by atoms with Gasteiger partial charge in [0.05, 0.1) is 22.6 Å². The van der Waals surface area contributed by atoms with Gasteiger partial charge in [-0.2, -0.15) is 26.3 Å². The molecule has 0 fully saturated rings. The van der Waals surface area contributed by atoms with Crippen LogP contribution in [-0.4, -0.2) is 12.4 Å². The molecule has 0 aliphatic heterocycles. The smallest absolute Gasteiger partial charge is 0.206 e. The summed E-state index contributed by atoms with van der Waals surface area (Å²) in [6, 6.07) is -0.356. The van der Waals surface area contributed by atoms with Crippen LogP contribution in [-0.2, 0) is 12.8 Å². The maximum absolute atomic E-state index is 14.2. The summed E-state index contributed by atoms with van der Waals surface area (Å²) in [5, 5.41) is 0. The summed E-state index contributed by atoms with van der Waals surface area (Å²) in [6.45, 7) is 0. The Morgan fingerprint density at radius 1 is 0.552 bits per heavy atom. The predicted molar refractivity (Wildman–Crippen MR) is 76.3 cm³/mol. The quantitative estimate of drug-likeness (QED) is 0.450. The van der Waals surface area contributed by atoms with Crippen LogP contribution in [0, 0.1) is 34.9 Å². The van der Waals surface area contributed by atoms with Crippen LogP contribution in [0.15, 0.2) is 21.9 Å². The topological polar surface area (TPSA) is 0 Å². The zero-order valence-electron chi connectivity index (χ0n) is 13.5. The van der Waals surface area contributed by atoms with Crippen LogP contribution in [0.2, 0.25) is 0 Å². The standard InChI is InChI=1S/C16H6F12S/c17-7-1-9(19)13(11(21)5(7)3-15(23,24)25)29-14-10(20)2-8(18)6(12(14)22)4-16(26,27)28/h1-2H,3-4H2. The van der Waals surface area contributed by atoms with E-state index in [1.807, 2.05) is 0 Å². The lowest BCUT2D eigenvalue weighted by Gasteiger charge is -2.15. The third-order valence-corrected chi connectivity index (χ3v) is 4.56. The summed E-state index contributed by atoms with van der Waals surface area (Å²) in [5.41, 5.74) is -3.33. The van der Waals surface area contributed by atoms with E-state index in [2.05, 4.69) is 0 Å². The van der Waals surface area contributed by atoms with Crippen molar-refractivity contribution in [3.8, 4) is 0 Å². The molecule has 2 rings (SSSR count). The van der Waals surface area contributed by atoms with Crippen molar-refractivity contribution in [1.29, 1.82) is 0 Å². The maximum atomic E-state index is 14.2. The van der Waals surface area contributed by atoms with E-state index in [1.54, 1.807) is 0 Å². The molecule has 2 aromatic rings. The first-order valence-corrected chi connectivity index (χ1v) is 8.06. The molecule has 29 heavy (non-hydrogen) atoms. The van der Waals surface area contributed by atoms with E-state index in [4.69, 9.17) is 0 Å². The lowest BCUT2D eigenvalue weighted by molar-refractivity contribution is -0.129. The molecule has 2 aromatic carbocycles. The van der Waals surface area contributed by atoms with Crippen LogP contribution >= 0.6 is 11.8 Å². The molecule has 0 aliphatic rings. The number of hydrogen-bond acceptors (Lipinski definition) is 1. The fourth-order valence-electron chi connectivity index (χ4n) is 2.24. The second kappa shape index (κ2) is 8.00. The Kier molecular flexibility index (Phi) is 6.40. The maximum Gasteiger partial charge on any atom is 0.393 e. The van der Waals surface area contributed by atoms with Gasteiger partial charge in [-0.25, -0.2) is 26.3 Å². The molecule has 160 valence electrons. The lowest BCUT2D eigenvalue weighted by atomic mass is 10.1. The van der Waals surface area contributed by atoms with E-state index in [-0.39, 0.29) is 12.1 Å². The van der Waals surface area contributed by atoms with Crippen molar-refractivity contribution in [2.75, 3.05) is 0 Å². The number of rotatable bonds is 4. The highest BCUT2D eigenvalue weighted by molar-refractivity contribution is 7.99. The van der Waals surface area contributed by atoms with E-state index < -0.39 is 92.8 Å². The van der Waals surface area contributed by atoms with Gasteiger partial charge in [0.1, 0.15) is 34.9 Å². The van der Waals surface area contributed by atoms with E-state index in [0.717, 1.165) is 0 Å². The second-order valence-corrected chi connectivity index (χ2v) is 6.63. The Morgan fingerprint density at radius 3 is 1.14 bits per heavy atom. The highest BCUT2D eigenvalue weighted by atomic mass is 32.2. The van der Waals surface area contributed by atoms with Gasteiger partial charge in [0.25, 0.3) is 0 Å². The van der Waals surface area contributed by atoms with E-state index in [0.29, 0.717) is 0 Å². The van der Waals surface area contributed by atoms with Gasteiger partial charge in [-0.15, -0.1) is 0 Å². The average molecular weight is 458 g/mol. The van der Waals surface area contributed by atoms with Gasteiger partial charge in [-0.05, 0) is 0 Å². The van der Waals surface area contributed by atoms with Crippen LogP contribution in [0.3, 0.4) is 0 Å². The molecule has 0 amide bonds. The minimum atomic E-state index is -5.13. The molecule has 13 heteroatoms. The van der Waals surface area contributed by atoms with Gasteiger partial charge in [0.15, 0.2) is 0 Å². The van der Waals surface area contributed by atoms with Gasteiger partial charge in [0, 0.05) is 23.3 Å². The molecule has 0 saturated carbocycles. The normalized spacial score (nSPS) is 12.6. The summed E-state index contributed by atoms with van der Waals surface area (Å²) in [7, 11) is 0. The first-order valence-electron chi connectivity index (χ1n) is 7.24. The molecular formula is C16H6F12S. The number of hydrogen-bond donors (Lipinski definition) is 0. The Hall–Kier alpha value is -2.05. The third-order valence-electron chi connectivity index (χ3n) is 3.40. The third kappa shape index (κ3) is 5.52. The van der Waals surface area contributed by atoms with E-state index >= 15 is 0 Å². The van der Waals surface area contributed by atoms with Crippen molar-refractivity contribution in [3.63, 3.8) is 0 Å². The SMILES string of the molecule is Fc1cc(F)c(Sc2c(F)cc(F)c(CC(F)(F)F)c2F)c(F)c1CC(F)(F)F. The van der Waals surface area contributed by atoms with Gasteiger partial charge in [-0.3, -0.25) is 0 Å². The molecule has 0 nitrogen and oxygen atoms in total. The summed E-state index contributed by atoms with van der Waals surface area (Å²) < 4.78 is 158. The fraction of sp³-hybridized carbons (Fsp3) is 0.250. The molecule has 0 unspecified atom stereocenters. The van der Waals surface area contributed by atoms with Crippen molar-refractivity contribution in [3.05, 3.63) is 58.2 Å². The lowest BCUT2D eigenvalue weighted by Crippen LogP contribution is -2.16. The highest BCUT2D eigenvalue weighted by Gasteiger charge is 2.35. The van der Waals surface area contributed by atoms with Gasteiger partial charge in [0.2, 0.25) is 0 Å². The van der Waals surface area contributed by atoms with Crippen LogP contribution < -0.4 is 0 Å². The number of alkyl halides is 6. The minimum absolute atomic E-state index is 0.178. The Balaban J connectivity index is 2.60. The first kappa shape index (κ1) is 23.2. The van der Waals surface area contributed by atoms with Crippen LogP contribution in [0.1, 0.15) is 11.1 Å². The Morgan fingerprint density at radius 2 is 0.862 bits per heavy atom. The summed E-state index contributed by atoms with van der Waals surface area (Å²) in [4.78, 5) is -3.01.